The Kier molecular flexibility index (Phi) is 6.62. The maximum absolute atomic E-state index is 10.9. The molecule has 0 aliphatic rings. The molecular weight excluding hydrogens is 234 g/mol. The summed E-state index contributed by atoms with van der Waals surface area (Å²) in [5.74, 6) is 0.744. The van der Waals surface area contributed by atoms with E-state index in [4.69, 9.17) is 0 Å². The molecule has 1 aromatic heterocycles. The second-order valence-electron chi connectivity index (χ2n) is 3.95. The van der Waals surface area contributed by atoms with Crippen LogP contribution in [0.5, 0.6) is 0 Å². The van der Waals surface area contributed by atoms with Gasteiger partial charge in [0.25, 0.3) is 0 Å². The van der Waals surface area contributed by atoms with Crippen LogP contribution in [0.1, 0.15) is 19.8 Å². The van der Waals surface area contributed by atoms with Crippen LogP contribution in [0.2, 0.25) is 0 Å². The Morgan fingerprint density at radius 2 is 1.88 bits per heavy atom. The zero-order valence-electron chi connectivity index (χ0n) is 10.5. The summed E-state index contributed by atoms with van der Waals surface area (Å²) in [4.78, 5) is 4.17. The lowest BCUT2D eigenvalue weighted by Crippen LogP contribution is -2.07. The highest BCUT2D eigenvalue weighted by Crippen LogP contribution is 2.12. The van der Waals surface area contributed by atoms with Gasteiger partial charge in [0.05, 0.1) is 23.8 Å². The Balaban J connectivity index is 2.34. The van der Waals surface area contributed by atoms with Gasteiger partial charge in [-0.15, -0.1) is 0 Å². The average Bonchev–Trinajstić information content (AvgIpc) is 2.32. The standard InChI is InChI=1S/C12H21N3OS/c1-3-5-14-11-8-12(10-13-9-11)15-6-4-7-17(2)16/h8-10,14-15H,3-7H2,1-2H3. The van der Waals surface area contributed by atoms with Gasteiger partial charge in [-0.25, -0.2) is 0 Å². The highest BCUT2D eigenvalue weighted by molar-refractivity contribution is 7.84. The van der Waals surface area contributed by atoms with Gasteiger partial charge in [-0.1, -0.05) is 6.92 Å². The van der Waals surface area contributed by atoms with Gasteiger partial charge in [-0.05, 0) is 18.9 Å². The summed E-state index contributed by atoms with van der Waals surface area (Å²) in [6.45, 7) is 3.92. The van der Waals surface area contributed by atoms with Crippen molar-refractivity contribution in [2.45, 2.75) is 19.8 Å². The molecule has 2 N–H and O–H groups in total. The van der Waals surface area contributed by atoms with Gasteiger partial charge >= 0.3 is 0 Å². The van der Waals surface area contributed by atoms with E-state index in [1.807, 2.05) is 12.3 Å². The van der Waals surface area contributed by atoms with Gasteiger partial charge in [0, 0.05) is 35.9 Å². The summed E-state index contributed by atoms with van der Waals surface area (Å²) >= 11 is 0. The van der Waals surface area contributed by atoms with Crippen LogP contribution in [-0.4, -0.2) is 34.3 Å². The van der Waals surface area contributed by atoms with E-state index >= 15 is 0 Å². The van der Waals surface area contributed by atoms with Crippen LogP contribution in [0.3, 0.4) is 0 Å². The van der Waals surface area contributed by atoms with Crippen molar-refractivity contribution in [2.24, 2.45) is 0 Å². The lowest BCUT2D eigenvalue weighted by atomic mass is 10.3. The number of pyridine rings is 1. The number of anilines is 2. The van der Waals surface area contributed by atoms with Crippen molar-refractivity contribution in [3.8, 4) is 0 Å². The number of rotatable bonds is 8. The summed E-state index contributed by atoms with van der Waals surface area (Å²) in [6, 6.07) is 2.05. The molecular formula is C12H21N3OS. The molecule has 1 heterocycles. The fraction of sp³-hybridized carbons (Fsp3) is 0.583. The fourth-order valence-electron chi connectivity index (χ4n) is 1.41. The Hall–Kier alpha value is -1.10. The highest BCUT2D eigenvalue weighted by Gasteiger charge is 1.96. The van der Waals surface area contributed by atoms with Crippen molar-refractivity contribution >= 4 is 22.2 Å². The lowest BCUT2D eigenvalue weighted by Gasteiger charge is -2.08. The van der Waals surface area contributed by atoms with Crippen LogP contribution >= 0.6 is 0 Å². The first kappa shape index (κ1) is 14.0. The molecule has 0 bridgehead atoms. The zero-order chi connectivity index (χ0) is 12.5. The van der Waals surface area contributed by atoms with Crippen molar-refractivity contribution in [2.75, 3.05) is 35.7 Å². The summed E-state index contributed by atoms with van der Waals surface area (Å²) in [5, 5.41) is 6.57. The number of aromatic nitrogens is 1. The monoisotopic (exact) mass is 255 g/mol. The van der Waals surface area contributed by atoms with Crippen LogP contribution in [0.25, 0.3) is 0 Å². The molecule has 5 heteroatoms. The second-order valence-corrected chi connectivity index (χ2v) is 5.50. The number of nitrogens with zero attached hydrogens (tertiary/aromatic N) is 1. The van der Waals surface area contributed by atoms with E-state index in [0.717, 1.165) is 43.1 Å². The third kappa shape index (κ3) is 6.26. The Labute approximate surface area is 106 Å². The molecule has 0 aliphatic heterocycles. The van der Waals surface area contributed by atoms with Gasteiger partial charge in [0.2, 0.25) is 0 Å². The SMILES string of the molecule is CCCNc1cncc(NCCCS(C)=O)c1. The van der Waals surface area contributed by atoms with Gasteiger partial charge in [-0.2, -0.15) is 0 Å². The quantitative estimate of drug-likeness (QED) is 0.698. The fourth-order valence-corrected chi connectivity index (χ4v) is 1.96. The molecule has 1 rings (SSSR count). The average molecular weight is 255 g/mol. The van der Waals surface area contributed by atoms with Gasteiger partial charge in [0.15, 0.2) is 0 Å². The van der Waals surface area contributed by atoms with Crippen molar-refractivity contribution in [1.29, 1.82) is 0 Å². The predicted octanol–water partition coefficient (Wildman–Crippen LogP) is 2.08. The first-order valence-corrected chi connectivity index (χ1v) is 7.68. The Bertz CT molecular complexity index is 357. The van der Waals surface area contributed by atoms with Crippen LogP contribution in [0.15, 0.2) is 18.5 Å². The van der Waals surface area contributed by atoms with Crippen LogP contribution in [-0.2, 0) is 10.8 Å². The molecule has 17 heavy (non-hydrogen) atoms. The van der Waals surface area contributed by atoms with E-state index in [1.165, 1.54) is 0 Å². The zero-order valence-corrected chi connectivity index (χ0v) is 11.3. The molecule has 0 radical (unpaired) electrons. The maximum atomic E-state index is 10.9. The van der Waals surface area contributed by atoms with Crippen molar-refractivity contribution in [3.05, 3.63) is 18.5 Å². The minimum atomic E-state index is -0.700. The van der Waals surface area contributed by atoms with Crippen LogP contribution in [0.4, 0.5) is 11.4 Å². The summed E-state index contributed by atoms with van der Waals surface area (Å²) in [6.07, 6.45) is 7.37. The topological polar surface area (TPSA) is 54.0 Å². The number of hydrogen-bond acceptors (Lipinski definition) is 4. The molecule has 4 nitrogen and oxygen atoms in total. The van der Waals surface area contributed by atoms with Crippen molar-refractivity contribution in [1.82, 2.24) is 4.98 Å². The van der Waals surface area contributed by atoms with E-state index < -0.39 is 10.8 Å². The normalized spacial score (nSPS) is 12.1. The molecule has 0 saturated heterocycles. The van der Waals surface area contributed by atoms with E-state index in [2.05, 4.69) is 22.5 Å². The molecule has 96 valence electrons. The first-order chi connectivity index (χ1) is 8.22. The molecule has 0 amide bonds. The number of nitrogens with one attached hydrogen (secondary N) is 2. The van der Waals surface area contributed by atoms with Crippen LogP contribution in [0, 0.1) is 0 Å². The van der Waals surface area contributed by atoms with E-state index in [0.29, 0.717) is 0 Å². The molecule has 1 aromatic rings. The maximum Gasteiger partial charge on any atom is 0.0547 e. The summed E-state index contributed by atoms with van der Waals surface area (Å²) < 4.78 is 10.9. The molecule has 0 spiro atoms. The van der Waals surface area contributed by atoms with Gasteiger partial charge in [-0.3, -0.25) is 9.19 Å². The third-order valence-electron chi connectivity index (χ3n) is 2.26. The predicted molar refractivity (Wildman–Crippen MR) is 75.1 cm³/mol. The highest BCUT2D eigenvalue weighted by atomic mass is 32.2. The smallest absolute Gasteiger partial charge is 0.0547 e. The van der Waals surface area contributed by atoms with Gasteiger partial charge < -0.3 is 10.6 Å². The number of hydrogen-bond donors (Lipinski definition) is 2. The molecule has 1 atom stereocenters. The summed E-state index contributed by atoms with van der Waals surface area (Å²) in [7, 11) is -0.700. The van der Waals surface area contributed by atoms with E-state index in [-0.39, 0.29) is 0 Å². The Morgan fingerprint density at radius 1 is 1.24 bits per heavy atom. The lowest BCUT2D eigenvalue weighted by molar-refractivity contribution is 0.685. The van der Waals surface area contributed by atoms with Crippen LogP contribution < -0.4 is 10.6 Å². The minimum Gasteiger partial charge on any atom is -0.384 e. The minimum absolute atomic E-state index is 0.700. The van der Waals surface area contributed by atoms with Crippen molar-refractivity contribution in [3.63, 3.8) is 0 Å². The van der Waals surface area contributed by atoms with Gasteiger partial charge in [0.1, 0.15) is 0 Å². The van der Waals surface area contributed by atoms with E-state index in [1.54, 1.807) is 12.5 Å². The molecule has 0 aliphatic carbocycles. The molecule has 0 fully saturated rings. The molecule has 1 unspecified atom stereocenters. The molecule has 0 saturated carbocycles. The second kappa shape index (κ2) is 8.06. The first-order valence-electron chi connectivity index (χ1n) is 5.95. The largest absolute Gasteiger partial charge is 0.384 e. The third-order valence-corrected chi connectivity index (χ3v) is 3.12. The Morgan fingerprint density at radius 3 is 2.47 bits per heavy atom. The van der Waals surface area contributed by atoms with E-state index in [9.17, 15) is 4.21 Å². The molecule has 0 aromatic carbocycles. The summed E-state index contributed by atoms with van der Waals surface area (Å²) in [5.41, 5.74) is 2.05. The van der Waals surface area contributed by atoms with Crippen molar-refractivity contribution < 1.29 is 4.21 Å².